The Hall–Kier alpha value is -1.55. The molecule has 1 aromatic heterocycles. The van der Waals surface area contributed by atoms with Crippen LogP contribution in [-0.2, 0) is 0 Å². The van der Waals surface area contributed by atoms with Crippen molar-refractivity contribution in [2.45, 2.75) is 42.5 Å². The fraction of sp³-hybridized carbons (Fsp3) is 0.375. The summed E-state index contributed by atoms with van der Waals surface area (Å²) in [5.74, 6) is 2.52. The number of aryl methyl sites for hydroxylation is 1. The van der Waals surface area contributed by atoms with Gasteiger partial charge < -0.3 is 5.32 Å². The molecule has 20 heavy (non-hydrogen) atoms. The molecule has 1 aromatic carbocycles. The summed E-state index contributed by atoms with van der Waals surface area (Å²) >= 11 is 1.71. The summed E-state index contributed by atoms with van der Waals surface area (Å²) in [6, 6.07) is 10.6. The number of nitrogens with one attached hydrogen (secondary N) is 1. The van der Waals surface area contributed by atoms with Crippen LogP contribution in [0.5, 0.6) is 0 Å². The van der Waals surface area contributed by atoms with Crippen LogP contribution in [0.25, 0.3) is 0 Å². The highest BCUT2D eigenvalue weighted by Gasteiger charge is 2.27. The molecule has 1 aliphatic carbocycles. The van der Waals surface area contributed by atoms with E-state index in [0.29, 0.717) is 5.92 Å². The van der Waals surface area contributed by atoms with Gasteiger partial charge >= 0.3 is 0 Å². The molecule has 0 saturated heterocycles. The number of anilines is 1. The zero-order valence-corrected chi connectivity index (χ0v) is 12.7. The maximum atomic E-state index is 4.71. The first kappa shape index (κ1) is 13.4. The molecule has 2 aromatic rings. The van der Waals surface area contributed by atoms with Gasteiger partial charge in [-0.1, -0.05) is 29.5 Å². The molecule has 104 valence electrons. The lowest BCUT2D eigenvalue weighted by Gasteiger charge is -2.08. The highest BCUT2D eigenvalue weighted by atomic mass is 32.2. The molecule has 1 saturated carbocycles. The monoisotopic (exact) mass is 285 g/mol. The third-order valence-electron chi connectivity index (χ3n) is 3.23. The summed E-state index contributed by atoms with van der Waals surface area (Å²) in [6.07, 6.45) is 2.45. The minimum absolute atomic E-state index is 0.575. The van der Waals surface area contributed by atoms with Crippen molar-refractivity contribution >= 4 is 17.6 Å². The van der Waals surface area contributed by atoms with Gasteiger partial charge in [-0.05, 0) is 38.8 Å². The summed E-state index contributed by atoms with van der Waals surface area (Å²) in [5, 5.41) is 4.33. The van der Waals surface area contributed by atoms with Crippen LogP contribution < -0.4 is 5.32 Å². The summed E-state index contributed by atoms with van der Waals surface area (Å²) in [7, 11) is 0. The smallest absolute Gasteiger partial charge is 0.135 e. The lowest BCUT2D eigenvalue weighted by Crippen LogP contribution is -2.03. The standard InChI is InChI=1S/C16H19N3S/c1-3-17-14-10-15(19-16(18-14)12-7-8-12)20-13-6-4-5-11(2)9-13/h4-6,9-10,12H,3,7-8H2,1-2H3,(H,17,18,19). The summed E-state index contributed by atoms with van der Waals surface area (Å²) in [4.78, 5) is 10.6. The van der Waals surface area contributed by atoms with Crippen LogP contribution in [0.2, 0.25) is 0 Å². The summed E-state index contributed by atoms with van der Waals surface area (Å²) in [5.41, 5.74) is 1.28. The Morgan fingerprint density at radius 3 is 2.80 bits per heavy atom. The van der Waals surface area contributed by atoms with Crippen LogP contribution in [0.15, 0.2) is 40.3 Å². The number of nitrogens with zero attached hydrogens (tertiary/aromatic N) is 2. The predicted octanol–water partition coefficient (Wildman–Crippen LogP) is 4.25. The molecule has 1 aliphatic rings. The summed E-state index contributed by atoms with van der Waals surface area (Å²) < 4.78 is 0. The first-order valence-electron chi connectivity index (χ1n) is 7.12. The van der Waals surface area contributed by atoms with Crippen molar-refractivity contribution in [3.63, 3.8) is 0 Å². The maximum absolute atomic E-state index is 4.71. The van der Waals surface area contributed by atoms with Gasteiger partial charge in [0.1, 0.15) is 16.7 Å². The highest BCUT2D eigenvalue weighted by Crippen LogP contribution is 2.39. The zero-order chi connectivity index (χ0) is 13.9. The van der Waals surface area contributed by atoms with E-state index in [1.165, 1.54) is 23.3 Å². The topological polar surface area (TPSA) is 37.8 Å². The molecular formula is C16H19N3S. The number of hydrogen-bond acceptors (Lipinski definition) is 4. The molecule has 0 spiro atoms. The van der Waals surface area contributed by atoms with Gasteiger partial charge in [-0.3, -0.25) is 0 Å². The van der Waals surface area contributed by atoms with E-state index in [9.17, 15) is 0 Å². The molecule has 1 fully saturated rings. The van der Waals surface area contributed by atoms with E-state index < -0.39 is 0 Å². The number of benzene rings is 1. The van der Waals surface area contributed by atoms with E-state index in [-0.39, 0.29) is 0 Å². The SMILES string of the molecule is CCNc1cc(Sc2cccc(C)c2)nc(C2CC2)n1. The Balaban J connectivity index is 1.87. The lowest BCUT2D eigenvalue weighted by molar-refractivity contribution is 0.877. The van der Waals surface area contributed by atoms with Crippen molar-refractivity contribution in [3.05, 3.63) is 41.7 Å². The molecule has 0 bridgehead atoms. The molecule has 3 rings (SSSR count). The molecule has 1 N–H and O–H groups in total. The number of aromatic nitrogens is 2. The Labute approximate surface area is 124 Å². The Bertz CT molecular complexity index is 608. The third-order valence-corrected chi connectivity index (χ3v) is 4.14. The maximum Gasteiger partial charge on any atom is 0.135 e. The Morgan fingerprint density at radius 2 is 2.10 bits per heavy atom. The van der Waals surface area contributed by atoms with Crippen molar-refractivity contribution in [1.82, 2.24) is 9.97 Å². The minimum Gasteiger partial charge on any atom is -0.370 e. The van der Waals surface area contributed by atoms with Crippen LogP contribution in [-0.4, -0.2) is 16.5 Å². The van der Waals surface area contributed by atoms with Gasteiger partial charge in [-0.2, -0.15) is 0 Å². The Kier molecular flexibility index (Phi) is 3.92. The van der Waals surface area contributed by atoms with E-state index in [0.717, 1.165) is 23.2 Å². The van der Waals surface area contributed by atoms with Gasteiger partial charge in [0.25, 0.3) is 0 Å². The molecule has 3 nitrogen and oxygen atoms in total. The van der Waals surface area contributed by atoms with E-state index in [2.05, 4.69) is 48.4 Å². The molecule has 1 heterocycles. The average Bonchev–Trinajstić information content (AvgIpc) is 3.23. The van der Waals surface area contributed by atoms with Gasteiger partial charge in [0.15, 0.2) is 0 Å². The van der Waals surface area contributed by atoms with E-state index in [4.69, 9.17) is 4.98 Å². The van der Waals surface area contributed by atoms with Gasteiger partial charge in [-0.25, -0.2) is 9.97 Å². The van der Waals surface area contributed by atoms with Crippen LogP contribution >= 0.6 is 11.8 Å². The Morgan fingerprint density at radius 1 is 1.25 bits per heavy atom. The van der Waals surface area contributed by atoms with Gasteiger partial charge in [0, 0.05) is 23.4 Å². The van der Waals surface area contributed by atoms with E-state index in [1.54, 1.807) is 11.8 Å². The third kappa shape index (κ3) is 3.31. The fourth-order valence-electron chi connectivity index (χ4n) is 2.09. The first-order chi connectivity index (χ1) is 9.74. The quantitative estimate of drug-likeness (QED) is 0.834. The number of hydrogen-bond donors (Lipinski definition) is 1. The fourth-order valence-corrected chi connectivity index (χ4v) is 3.03. The second kappa shape index (κ2) is 5.83. The largest absolute Gasteiger partial charge is 0.370 e. The molecule has 0 unspecified atom stereocenters. The first-order valence-corrected chi connectivity index (χ1v) is 7.93. The predicted molar refractivity (Wildman–Crippen MR) is 83.5 cm³/mol. The van der Waals surface area contributed by atoms with Crippen LogP contribution in [0.1, 0.15) is 37.1 Å². The van der Waals surface area contributed by atoms with E-state index >= 15 is 0 Å². The second-order valence-electron chi connectivity index (χ2n) is 5.17. The normalized spacial score (nSPS) is 14.3. The number of rotatable bonds is 5. The average molecular weight is 285 g/mol. The van der Waals surface area contributed by atoms with Crippen LogP contribution in [0.3, 0.4) is 0 Å². The van der Waals surface area contributed by atoms with Gasteiger partial charge in [0.2, 0.25) is 0 Å². The minimum atomic E-state index is 0.575. The molecule has 0 amide bonds. The van der Waals surface area contributed by atoms with Crippen LogP contribution in [0, 0.1) is 6.92 Å². The lowest BCUT2D eigenvalue weighted by atomic mass is 10.2. The molecule has 0 atom stereocenters. The van der Waals surface area contributed by atoms with E-state index in [1.807, 2.05) is 6.07 Å². The van der Waals surface area contributed by atoms with Crippen LogP contribution in [0.4, 0.5) is 5.82 Å². The van der Waals surface area contributed by atoms with Crippen molar-refractivity contribution in [1.29, 1.82) is 0 Å². The molecule has 0 aliphatic heterocycles. The van der Waals surface area contributed by atoms with Gasteiger partial charge in [-0.15, -0.1) is 0 Å². The van der Waals surface area contributed by atoms with Crippen molar-refractivity contribution in [3.8, 4) is 0 Å². The van der Waals surface area contributed by atoms with Crippen molar-refractivity contribution in [2.75, 3.05) is 11.9 Å². The van der Waals surface area contributed by atoms with Crippen molar-refractivity contribution in [2.24, 2.45) is 0 Å². The molecular weight excluding hydrogens is 266 g/mol. The molecule has 0 radical (unpaired) electrons. The molecule has 4 heteroatoms. The zero-order valence-electron chi connectivity index (χ0n) is 11.9. The highest BCUT2D eigenvalue weighted by molar-refractivity contribution is 7.99. The summed E-state index contributed by atoms with van der Waals surface area (Å²) in [6.45, 7) is 5.09. The van der Waals surface area contributed by atoms with Crippen molar-refractivity contribution < 1.29 is 0 Å². The second-order valence-corrected chi connectivity index (χ2v) is 6.27. The van der Waals surface area contributed by atoms with Gasteiger partial charge in [0.05, 0.1) is 0 Å².